The summed E-state index contributed by atoms with van der Waals surface area (Å²) >= 11 is 0. The van der Waals surface area contributed by atoms with Crippen LogP contribution in [0.4, 0.5) is 0 Å². The monoisotopic (exact) mass is 272 g/mol. The molecule has 0 spiro atoms. The van der Waals surface area contributed by atoms with Crippen molar-refractivity contribution in [2.24, 2.45) is 23.7 Å². The number of amides is 1. The van der Waals surface area contributed by atoms with E-state index < -0.39 is 0 Å². The lowest BCUT2D eigenvalue weighted by molar-refractivity contribution is -0.127. The maximum Gasteiger partial charge on any atom is 0.223 e. The summed E-state index contributed by atoms with van der Waals surface area (Å²) in [6.07, 6.45) is 6.23. The van der Waals surface area contributed by atoms with Gasteiger partial charge in [0.2, 0.25) is 5.91 Å². The molecule has 4 aliphatic rings. The molecule has 2 aliphatic heterocycles. The van der Waals surface area contributed by atoms with Gasteiger partial charge < -0.3 is 4.90 Å². The molecule has 2 saturated heterocycles. The highest BCUT2D eigenvalue weighted by Gasteiger charge is 2.51. The smallest absolute Gasteiger partial charge is 0.223 e. The van der Waals surface area contributed by atoms with Crippen LogP contribution in [0.3, 0.4) is 0 Å². The van der Waals surface area contributed by atoms with Crippen LogP contribution in [0.2, 0.25) is 0 Å². The molecule has 0 aromatic carbocycles. The molecule has 4 atom stereocenters. The van der Waals surface area contributed by atoms with Crippen LogP contribution in [0.25, 0.3) is 0 Å². The van der Waals surface area contributed by atoms with Gasteiger partial charge in [-0.05, 0) is 49.4 Å². The zero-order valence-corrected chi connectivity index (χ0v) is 12.2. The van der Waals surface area contributed by atoms with Gasteiger partial charge in [0.05, 0.1) is 13.1 Å². The molecule has 3 heteroatoms. The highest BCUT2D eigenvalue weighted by molar-refractivity contribution is 5.78. The first kappa shape index (κ1) is 12.7. The van der Waals surface area contributed by atoms with Gasteiger partial charge in [-0.15, -0.1) is 0 Å². The van der Waals surface area contributed by atoms with Crippen LogP contribution in [0, 0.1) is 35.5 Å². The number of fused-ring (bicyclic) bond motifs is 5. The topological polar surface area (TPSA) is 23.6 Å². The number of carbonyl (C=O) groups is 1. The molecule has 3 nitrogen and oxygen atoms in total. The summed E-state index contributed by atoms with van der Waals surface area (Å²) in [5, 5.41) is 0. The fraction of sp³-hybridized carbons (Fsp3) is 0.824. The highest BCUT2D eigenvalue weighted by Crippen LogP contribution is 2.54. The van der Waals surface area contributed by atoms with Gasteiger partial charge in [-0.3, -0.25) is 9.69 Å². The van der Waals surface area contributed by atoms with Gasteiger partial charge >= 0.3 is 0 Å². The second-order valence-electron chi connectivity index (χ2n) is 7.13. The van der Waals surface area contributed by atoms with Crippen LogP contribution < -0.4 is 0 Å². The van der Waals surface area contributed by atoms with E-state index in [-0.39, 0.29) is 5.91 Å². The summed E-state index contributed by atoms with van der Waals surface area (Å²) in [4.78, 5) is 15.9. The number of hydrogen-bond acceptors (Lipinski definition) is 2. The number of likely N-dealkylation sites (tertiary alicyclic amines) is 2. The quantitative estimate of drug-likeness (QED) is 0.713. The van der Waals surface area contributed by atoms with E-state index in [2.05, 4.69) is 16.7 Å². The molecule has 4 fully saturated rings. The summed E-state index contributed by atoms with van der Waals surface area (Å²) in [5.74, 6) is 10.8. The number of rotatable bonds is 2. The second kappa shape index (κ2) is 5.07. The van der Waals surface area contributed by atoms with E-state index in [1.807, 2.05) is 4.90 Å². The predicted octanol–water partition coefficient (Wildman–Crippen LogP) is 1.59. The van der Waals surface area contributed by atoms with E-state index in [0.29, 0.717) is 6.54 Å². The van der Waals surface area contributed by atoms with Gasteiger partial charge in [0, 0.05) is 26.1 Å². The van der Waals surface area contributed by atoms with Crippen molar-refractivity contribution in [3.05, 3.63) is 0 Å². The minimum Gasteiger partial charge on any atom is -0.332 e. The minimum absolute atomic E-state index is 0.284. The zero-order valence-electron chi connectivity index (χ0n) is 12.2. The van der Waals surface area contributed by atoms with Crippen molar-refractivity contribution < 1.29 is 4.79 Å². The van der Waals surface area contributed by atoms with Crippen LogP contribution in [0.1, 0.15) is 32.1 Å². The average Bonchev–Trinajstić information content (AvgIpc) is 3.17. The first-order chi connectivity index (χ1) is 9.81. The molecular formula is C17H24N2O. The molecular weight excluding hydrogens is 248 g/mol. The Hall–Kier alpha value is -1.01. The predicted molar refractivity (Wildman–Crippen MR) is 77.8 cm³/mol. The summed E-state index contributed by atoms with van der Waals surface area (Å²) in [6, 6.07) is 0. The van der Waals surface area contributed by atoms with Crippen molar-refractivity contribution in [2.75, 3.05) is 32.7 Å². The number of nitrogens with zero attached hydrogens (tertiary/aromatic N) is 2. The van der Waals surface area contributed by atoms with Gasteiger partial charge in [-0.1, -0.05) is 11.8 Å². The van der Waals surface area contributed by atoms with E-state index in [9.17, 15) is 4.79 Å². The largest absolute Gasteiger partial charge is 0.332 e. The van der Waals surface area contributed by atoms with E-state index >= 15 is 0 Å². The van der Waals surface area contributed by atoms with Crippen molar-refractivity contribution in [3.63, 3.8) is 0 Å². The van der Waals surface area contributed by atoms with Gasteiger partial charge in [-0.25, -0.2) is 0 Å². The molecule has 0 radical (unpaired) electrons. The Balaban J connectivity index is 1.26. The fourth-order valence-electron chi connectivity index (χ4n) is 5.09. The molecule has 0 aromatic heterocycles. The fourth-order valence-corrected chi connectivity index (χ4v) is 5.09. The standard InChI is InChI=1S/C17H24N2O/c20-17-4-3-9-19(17)8-2-1-7-18-11-15-13-5-6-14(10-13)16(15)12-18/h13-16H,3-12H2/t13-,14+,15-,16-/m0/s1. The third-order valence-electron chi connectivity index (χ3n) is 6.08. The normalized spacial score (nSPS) is 39.2. The summed E-state index contributed by atoms with van der Waals surface area (Å²) < 4.78 is 0. The van der Waals surface area contributed by atoms with Crippen LogP contribution >= 0.6 is 0 Å². The first-order valence-corrected chi connectivity index (χ1v) is 8.27. The van der Waals surface area contributed by atoms with Crippen molar-refractivity contribution in [3.8, 4) is 11.8 Å². The molecule has 0 N–H and O–H groups in total. The summed E-state index contributed by atoms with van der Waals surface area (Å²) in [7, 11) is 0. The lowest BCUT2D eigenvalue weighted by Gasteiger charge is -2.22. The average molecular weight is 272 g/mol. The van der Waals surface area contributed by atoms with Crippen molar-refractivity contribution >= 4 is 5.91 Å². The van der Waals surface area contributed by atoms with E-state index in [1.54, 1.807) is 0 Å². The molecule has 2 saturated carbocycles. The minimum atomic E-state index is 0.284. The first-order valence-electron chi connectivity index (χ1n) is 8.27. The lowest BCUT2D eigenvalue weighted by Crippen LogP contribution is -2.25. The van der Waals surface area contributed by atoms with Crippen LogP contribution in [0.5, 0.6) is 0 Å². The highest BCUT2D eigenvalue weighted by atomic mass is 16.2. The Morgan fingerprint density at radius 3 is 2.40 bits per heavy atom. The summed E-state index contributed by atoms with van der Waals surface area (Å²) in [6.45, 7) is 5.02. The molecule has 1 amide bonds. The molecule has 20 heavy (non-hydrogen) atoms. The molecule has 2 aliphatic carbocycles. The Labute approximate surface area is 121 Å². The maximum atomic E-state index is 11.5. The maximum absolute atomic E-state index is 11.5. The Kier molecular flexibility index (Phi) is 3.22. The molecule has 108 valence electrons. The van der Waals surface area contributed by atoms with Crippen LogP contribution in [-0.2, 0) is 4.79 Å². The Morgan fingerprint density at radius 2 is 1.75 bits per heavy atom. The number of carbonyl (C=O) groups excluding carboxylic acids is 1. The van der Waals surface area contributed by atoms with Crippen LogP contribution in [0.15, 0.2) is 0 Å². The van der Waals surface area contributed by atoms with Crippen molar-refractivity contribution in [2.45, 2.75) is 32.1 Å². The van der Waals surface area contributed by atoms with Gasteiger partial charge in [-0.2, -0.15) is 0 Å². The third-order valence-corrected chi connectivity index (χ3v) is 6.08. The van der Waals surface area contributed by atoms with Gasteiger partial charge in [0.15, 0.2) is 0 Å². The second-order valence-corrected chi connectivity index (χ2v) is 7.13. The van der Waals surface area contributed by atoms with Gasteiger partial charge in [0.25, 0.3) is 0 Å². The Bertz CT molecular complexity index is 445. The summed E-state index contributed by atoms with van der Waals surface area (Å²) in [5.41, 5.74) is 0. The SMILES string of the molecule is O=C1CCCN1CC#CCN1C[C@H]2[C@@H]3CC[C@@H](C3)[C@@H]2C1. The molecule has 2 bridgehead atoms. The molecule has 2 heterocycles. The van der Waals surface area contributed by atoms with E-state index in [4.69, 9.17) is 0 Å². The lowest BCUT2D eigenvalue weighted by atomic mass is 9.82. The van der Waals surface area contributed by atoms with Gasteiger partial charge in [0.1, 0.15) is 0 Å². The van der Waals surface area contributed by atoms with E-state index in [1.165, 1.54) is 32.4 Å². The molecule has 0 unspecified atom stereocenters. The zero-order chi connectivity index (χ0) is 13.5. The Morgan fingerprint density at radius 1 is 1.05 bits per heavy atom. The van der Waals surface area contributed by atoms with E-state index in [0.717, 1.165) is 49.6 Å². The van der Waals surface area contributed by atoms with Crippen molar-refractivity contribution in [1.82, 2.24) is 9.80 Å². The van der Waals surface area contributed by atoms with Crippen molar-refractivity contribution in [1.29, 1.82) is 0 Å². The third kappa shape index (κ3) is 2.15. The van der Waals surface area contributed by atoms with Crippen LogP contribution in [-0.4, -0.2) is 48.4 Å². The molecule has 4 rings (SSSR count). The molecule has 0 aromatic rings. The number of hydrogen-bond donors (Lipinski definition) is 0.